The van der Waals surface area contributed by atoms with Crippen LogP contribution in [0.1, 0.15) is 19.3 Å². The molecule has 0 bridgehead atoms. The quantitative estimate of drug-likeness (QED) is 0.354. The van der Waals surface area contributed by atoms with Crippen molar-refractivity contribution >= 4 is 17.0 Å². The van der Waals surface area contributed by atoms with Crippen LogP contribution in [-0.2, 0) is 9.53 Å². The normalized spacial score (nSPS) is 10.7. The topological polar surface area (TPSA) is 86.5 Å². The standard InChI is InChI=1S/C20H21N3O4/c1-2-20(25)27-13-7-3-6-12-26-15-10-11-19(24)18(14-15)23-21-16-8-4-5-9-17(16)22-23/h2,4-5,8-11,14,24H,1,3,6-7,12-13H2. The first-order valence-corrected chi connectivity index (χ1v) is 8.75. The average molecular weight is 367 g/mol. The third-order valence-corrected chi connectivity index (χ3v) is 3.92. The zero-order chi connectivity index (χ0) is 19.1. The predicted octanol–water partition coefficient (Wildman–Crippen LogP) is 3.40. The lowest BCUT2D eigenvalue weighted by Gasteiger charge is -2.09. The highest BCUT2D eigenvalue weighted by Gasteiger charge is 2.10. The van der Waals surface area contributed by atoms with Crippen LogP contribution in [-0.4, -0.2) is 39.3 Å². The van der Waals surface area contributed by atoms with Crippen molar-refractivity contribution in [3.05, 3.63) is 55.1 Å². The van der Waals surface area contributed by atoms with Gasteiger partial charge in [-0.1, -0.05) is 18.7 Å². The lowest BCUT2D eigenvalue weighted by Crippen LogP contribution is -2.04. The Morgan fingerprint density at radius 3 is 2.48 bits per heavy atom. The van der Waals surface area contributed by atoms with Crippen molar-refractivity contribution in [3.8, 4) is 17.2 Å². The molecule has 1 heterocycles. The highest BCUT2D eigenvalue weighted by atomic mass is 16.5. The number of carbonyl (C=O) groups is 1. The number of esters is 1. The molecule has 1 aromatic heterocycles. The van der Waals surface area contributed by atoms with Gasteiger partial charge in [0.15, 0.2) is 0 Å². The van der Waals surface area contributed by atoms with Crippen molar-refractivity contribution in [2.45, 2.75) is 19.3 Å². The summed E-state index contributed by atoms with van der Waals surface area (Å²) in [4.78, 5) is 12.3. The molecule has 0 radical (unpaired) electrons. The zero-order valence-corrected chi connectivity index (χ0v) is 14.9. The molecule has 2 aromatic carbocycles. The number of fused-ring (bicyclic) bond motifs is 1. The molecule has 7 nitrogen and oxygen atoms in total. The number of carbonyl (C=O) groups excluding carboxylic acids is 1. The molecule has 0 unspecified atom stereocenters. The number of unbranched alkanes of at least 4 members (excludes halogenated alkanes) is 2. The molecule has 0 aliphatic carbocycles. The molecule has 0 atom stereocenters. The fourth-order valence-electron chi connectivity index (χ4n) is 2.52. The van der Waals surface area contributed by atoms with Crippen LogP contribution in [0.2, 0.25) is 0 Å². The summed E-state index contributed by atoms with van der Waals surface area (Å²) in [5, 5.41) is 18.9. The van der Waals surface area contributed by atoms with Crippen LogP contribution >= 0.6 is 0 Å². The van der Waals surface area contributed by atoms with Crippen molar-refractivity contribution in [1.29, 1.82) is 0 Å². The summed E-state index contributed by atoms with van der Waals surface area (Å²) in [6.07, 6.45) is 3.63. The molecule has 0 amide bonds. The van der Waals surface area contributed by atoms with Crippen LogP contribution in [0.3, 0.4) is 0 Å². The first kappa shape index (κ1) is 18.4. The van der Waals surface area contributed by atoms with Gasteiger partial charge >= 0.3 is 5.97 Å². The van der Waals surface area contributed by atoms with Gasteiger partial charge < -0.3 is 14.6 Å². The fraction of sp³-hybridized carbons (Fsp3) is 0.250. The van der Waals surface area contributed by atoms with E-state index in [-0.39, 0.29) is 5.75 Å². The monoisotopic (exact) mass is 367 g/mol. The van der Waals surface area contributed by atoms with Crippen LogP contribution in [0, 0.1) is 0 Å². The van der Waals surface area contributed by atoms with Crippen molar-refractivity contribution in [1.82, 2.24) is 15.0 Å². The van der Waals surface area contributed by atoms with Crippen molar-refractivity contribution in [3.63, 3.8) is 0 Å². The second-order valence-corrected chi connectivity index (χ2v) is 5.91. The van der Waals surface area contributed by atoms with E-state index in [2.05, 4.69) is 16.8 Å². The van der Waals surface area contributed by atoms with Crippen LogP contribution in [0.5, 0.6) is 11.5 Å². The maximum atomic E-state index is 10.9. The van der Waals surface area contributed by atoms with E-state index in [1.807, 2.05) is 24.3 Å². The molecule has 0 aliphatic rings. The summed E-state index contributed by atoms with van der Waals surface area (Å²) in [6, 6.07) is 12.5. The van der Waals surface area contributed by atoms with E-state index < -0.39 is 5.97 Å². The number of aromatic nitrogens is 3. The minimum absolute atomic E-state index is 0.0756. The Morgan fingerprint density at radius 2 is 1.78 bits per heavy atom. The molecule has 0 saturated heterocycles. The molecule has 0 fully saturated rings. The number of rotatable bonds is 9. The van der Waals surface area contributed by atoms with E-state index in [1.54, 1.807) is 18.2 Å². The molecular formula is C20H21N3O4. The molecule has 0 saturated carbocycles. The Balaban J connectivity index is 1.54. The maximum Gasteiger partial charge on any atom is 0.330 e. The van der Waals surface area contributed by atoms with Crippen molar-refractivity contribution < 1.29 is 19.4 Å². The lowest BCUT2D eigenvalue weighted by atomic mass is 10.2. The lowest BCUT2D eigenvalue weighted by molar-refractivity contribution is -0.137. The number of phenolic OH excluding ortho intramolecular Hbond substituents is 1. The van der Waals surface area contributed by atoms with E-state index >= 15 is 0 Å². The predicted molar refractivity (Wildman–Crippen MR) is 101 cm³/mol. The molecule has 27 heavy (non-hydrogen) atoms. The molecular weight excluding hydrogens is 346 g/mol. The van der Waals surface area contributed by atoms with Crippen LogP contribution in [0.4, 0.5) is 0 Å². The summed E-state index contributed by atoms with van der Waals surface area (Å²) < 4.78 is 10.7. The third-order valence-electron chi connectivity index (χ3n) is 3.92. The molecule has 7 heteroatoms. The van der Waals surface area contributed by atoms with Gasteiger partial charge in [-0.15, -0.1) is 15.0 Å². The SMILES string of the molecule is C=CC(=O)OCCCCCOc1ccc(O)c(-n2nc3ccccc3n2)c1. The largest absolute Gasteiger partial charge is 0.506 e. The minimum atomic E-state index is -0.400. The molecule has 3 aromatic rings. The third kappa shape index (κ3) is 4.84. The van der Waals surface area contributed by atoms with Gasteiger partial charge in [-0.3, -0.25) is 0 Å². The average Bonchev–Trinajstić information content (AvgIpc) is 3.12. The van der Waals surface area contributed by atoms with E-state index in [0.717, 1.165) is 36.4 Å². The summed E-state index contributed by atoms with van der Waals surface area (Å²) in [5.74, 6) is 0.302. The molecule has 140 valence electrons. The number of phenols is 1. The first-order chi connectivity index (χ1) is 13.2. The maximum absolute atomic E-state index is 10.9. The van der Waals surface area contributed by atoms with Crippen molar-refractivity contribution in [2.24, 2.45) is 0 Å². The Labute approximate surface area is 156 Å². The smallest absolute Gasteiger partial charge is 0.330 e. The van der Waals surface area contributed by atoms with Crippen molar-refractivity contribution in [2.75, 3.05) is 13.2 Å². The first-order valence-electron chi connectivity index (χ1n) is 8.75. The number of hydrogen-bond donors (Lipinski definition) is 1. The van der Waals surface area contributed by atoms with Gasteiger partial charge in [0.2, 0.25) is 0 Å². The van der Waals surface area contributed by atoms with E-state index in [4.69, 9.17) is 9.47 Å². The number of nitrogens with zero attached hydrogens (tertiary/aromatic N) is 3. The van der Waals surface area contributed by atoms with E-state index in [9.17, 15) is 9.90 Å². The highest BCUT2D eigenvalue weighted by Crippen LogP contribution is 2.26. The summed E-state index contributed by atoms with van der Waals surface area (Å²) in [7, 11) is 0. The Bertz CT molecular complexity index is 903. The highest BCUT2D eigenvalue weighted by molar-refractivity contribution is 5.81. The van der Waals surface area contributed by atoms with Gasteiger partial charge in [-0.25, -0.2) is 4.79 Å². The second-order valence-electron chi connectivity index (χ2n) is 5.91. The van der Waals surface area contributed by atoms with Crippen LogP contribution in [0.25, 0.3) is 16.7 Å². The molecule has 3 rings (SSSR count). The number of hydrogen-bond acceptors (Lipinski definition) is 6. The van der Waals surface area contributed by atoms with Gasteiger partial charge in [-0.2, -0.15) is 0 Å². The van der Waals surface area contributed by atoms with Crippen LogP contribution < -0.4 is 4.74 Å². The van der Waals surface area contributed by atoms with E-state index in [0.29, 0.717) is 24.7 Å². The van der Waals surface area contributed by atoms with Gasteiger partial charge in [0.1, 0.15) is 28.2 Å². The summed E-state index contributed by atoms with van der Waals surface area (Å²) >= 11 is 0. The van der Waals surface area contributed by atoms with Gasteiger partial charge in [0.05, 0.1) is 13.2 Å². The minimum Gasteiger partial charge on any atom is -0.506 e. The zero-order valence-electron chi connectivity index (χ0n) is 14.9. The Kier molecular flexibility index (Phi) is 6.04. The molecule has 1 N–H and O–H groups in total. The van der Waals surface area contributed by atoms with Crippen LogP contribution in [0.15, 0.2) is 55.1 Å². The molecule has 0 spiro atoms. The fourth-order valence-corrected chi connectivity index (χ4v) is 2.52. The van der Waals surface area contributed by atoms with Gasteiger partial charge in [0.25, 0.3) is 0 Å². The number of aromatic hydroxyl groups is 1. The number of ether oxygens (including phenoxy) is 2. The van der Waals surface area contributed by atoms with E-state index in [1.165, 1.54) is 4.80 Å². The number of benzene rings is 2. The van der Waals surface area contributed by atoms with Gasteiger partial charge in [-0.05, 0) is 43.5 Å². The summed E-state index contributed by atoms with van der Waals surface area (Å²) in [6.45, 7) is 4.25. The Morgan fingerprint density at radius 1 is 1.07 bits per heavy atom. The van der Waals surface area contributed by atoms with Gasteiger partial charge in [0, 0.05) is 12.1 Å². The second kappa shape index (κ2) is 8.84. The summed E-state index contributed by atoms with van der Waals surface area (Å²) in [5.41, 5.74) is 1.96. The Hall–Kier alpha value is -3.35. The molecule has 0 aliphatic heterocycles.